The predicted molar refractivity (Wildman–Crippen MR) is 79.0 cm³/mol. The Bertz CT molecular complexity index is 615. The molecule has 0 saturated heterocycles. The van der Waals surface area contributed by atoms with Crippen molar-refractivity contribution in [2.24, 2.45) is 5.73 Å². The Hall–Kier alpha value is -2.01. The van der Waals surface area contributed by atoms with Crippen LogP contribution in [-0.4, -0.2) is 29.5 Å². The van der Waals surface area contributed by atoms with Crippen molar-refractivity contribution in [2.45, 2.75) is 31.2 Å². The van der Waals surface area contributed by atoms with E-state index in [0.29, 0.717) is 12.1 Å². The largest absolute Gasteiger partial charge is 0.486 e. The summed E-state index contributed by atoms with van der Waals surface area (Å²) in [5.41, 5.74) is 2.21. The van der Waals surface area contributed by atoms with Crippen LogP contribution in [0.5, 0.6) is 5.75 Å². The van der Waals surface area contributed by atoms with Gasteiger partial charge in [0.2, 0.25) is 0 Å². The summed E-state index contributed by atoms with van der Waals surface area (Å²) >= 11 is 0. The van der Waals surface area contributed by atoms with E-state index in [9.17, 15) is 35.9 Å². The minimum atomic E-state index is -5.04. The van der Waals surface area contributed by atoms with Crippen LogP contribution in [0.4, 0.5) is 26.3 Å². The number of ketones is 1. The minimum absolute atomic E-state index is 0. The van der Waals surface area contributed by atoms with E-state index in [2.05, 4.69) is 0 Å². The van der Waals surface area contributed by atoms with Crippen molar-refractivity contribution in [1.82, 2.24) is 0 Å². The number of benzene rings is 1. The number of carboxylic acid groups (broad SMARTS) is 1. The third-order valence-corrected chi connectivity index (χ3v) is 3.03. The number of rotatable bonds is 7. The van der Waals surface area contributed by atoms with Crippen molar-refractivity contribution in [3.63, 3.8) is 0 Å². The predicted octanol–water partition coefficient (Wildman–Crippen LogP) is 3.29. The summed E-state index contributed by atoms with van der Waals surface area (Å²) in [6, 6.07) is -0.687. The minimum Gasteiger partial charge on any atom is -0.486 e. The Morgan fingerprint density at radius 2 is 1.50 bits per heavy atom. The number of carbonyl (C=O) groups excluding carboxylic acids is 1. The molecule has 0 aromatic heterocycles. The molecule has 5 nitrogen and oxygen atoms in total. The molecular formula is C14H14ClF6NO4. The number of nitrogens with two attached hydrogens (primary N) is 1. The van der Waals surface area contributed by atoms with Crippen LogP contribution in [0, 0.1) is 0 Å². The van der Waals surface area contributed by atoms with Crippen molar-refractivity contribution in [1.29, 1.82) is 0 Å². The maximum Gasteiger partial charge on any atom is 0.416 e. The molecule has 0 saturated carbocycles. The Kier molecular flexibility index (Phi) is 8.38. The molecule has 1 atom stereocenters. The molecule has 0 spiro atoms. The van der Waals surface area contributed by atoms with Gasteiger partial charge in [0.1, 0.15) is 12.4 Å². The van der Waals surface area contributed by atoms with Gasteiger partial charge in [0.15, 0.2) is 5.78 Å². The van der Waals surface area contributed by atoms with E-state index in [1.54, 1.807) is 0 Å². The van der Waals surface area contributed by atoms with E-state index >= 15 is 0 Å². The molecule has 26 heavy (non-hydrogen) atoms. The topological polar surface area (TPSA) is 89.6 Å². The van der Waals surface area contributed by atoms with E-state index < -0.39 is 60.1 Å². The second kappa shape index (κ2) is 9.08. The molecule has 1 aromatic rings. The third-order valence-electron chi connectivity index (χ3n) is 3.03. The molecule has 148 valence electrons. The quantitative estimate of drug-likeness (QED) is 0.675. The number of alkyl halides is 6. The normalized spacial score (nSPS) is 12.9. The lowest BCUT2D eigenvalue weighted by molar-refractivity contribution is -0.143. The number of ether oxygens (including phenoxy) is 1. The van der Waals surface area contributed by atoms with E-state index in [1.807, 2.05) is 0 Å². The van der Waals surface area contributed by atoms with Gasteiger partial charge in [-0.1, -0.05) is 0 Å². The average Bonchev–Trinajstić information content (AvgIpc) is 2.48. The highest BCUT2D eigenvalue weighted by molar-refractivity contribution is 5.86. The Morgan fingerprint density at radius 1 is 1.04 bits per heavy atom. The van der Waals surface area contributed by atoms with Crippen LogP contribution in [0.2, 0.25) is 0 Å². The molecule has 12 heteroatoms. The summed E-state index contributed by atoms with van der Waals surface area (Å²) in [6.07, 6.45) is -10.7. The fraction of sp³-hybridized carbons (Fsp3) is 0.429. The van der Waals surface area contributed by atoms with Crippen molar-refractivity contribution < 1.29 is 45.8 Å². The number of halogens is 7. The summed E-state index contributed by atoms with van der Waals surface area (Å²) in [6.45, 7) is -0.889. The van der Waals surface area contributed by atoms with Crippen LogP contribution in [0.1, 0.15) is 24.0 Å². The number of aliphatic carboxylic acids is 1. The van der Waals surface area contributed by atoms with Gasteiger partial charge in [0.05, 0.1) is 17.2 Å². The highest BCUT2D eigenvalue weighted by atomic mass is 35.5. The maximum atomic E-state index is 12.7. The molecule has 1 unspecified atom stereocenters. The third kappa shape index (κ3) is 7.48. The fourth-order valence-corrected chi connectivity index (χ4v) is 1.71. The van der Waals surface area contributed by atoms with Crippen LogP contribution < -0.4 is 10.5 Å². The second-order valence-corrected chi connectivity index (χ2v) is 5.04. The molecule has 1 aromatic carbocycles. The maximum absolute atomic E-state index is 12.7. The first-order valence-corrected chi connectivity index (χ1v) is 6.73. The lowest BCUT2D eigenvalue weighted by atomic mass is 10.1. The van der Waals surface area contributed by atoms with E-state index in [1.165, 1.54) is 0 Å². The monoisotopic (exact) mass is 409 g/mol. The number of carboxylic acids is 1. The zero-order valence-electron chi connectivity index (χ0n) is 12.9. The summed E-state index contributed by atoms with van der Waals surface area (Å²) in [4.78, 5) is 22.0. The van der Waals surface area contributed by atoms with Crippen molar-refractivity contribution in [3.8, 4) is 5.75 Å². The molecule has 0 radical (unpaired) electrons. The standard InChI is InChI=1S/C14H13F6NO4.ClH/c15-13(16,17)7-3-8(14(18,19)20)5-9(4-7)25-6-11(22)10(21)1-2-12(23)24;/h3-5,10H,1-2,6,21H2,(H,23,24);1H. The molecule has 0 bridgehead atoms. The number of hydrogen-bond donors (Lipinski definition) is 2. The number of hydrogen-bond acceptors (Lipinski definition) is 4. The van der Waals surface area contributed by atoms with Gasteiger partial charge in [0.25, 0.3) is 0 Å². The van der Waals surface area contributed by atoms with Gasteiger partial charge in [-0.3, -0.25) is 9.59 Å². The van der Waals surface area contributed by atoms with Crippen LogP contribution >= 0.6 is 12.4 Å². The summed E-state index contributed by atoms with van der Waals surface area (Å²) in [7, 11) is 0. The van der Waals surface area contributed by atoms with Gasteiger partial charge in [-0.25, -0.2) is 0 Å². The van der Waals surface area contributed by atoms with E-state index in [0.717, 1.165) is 0 Å². The van der Waals surface area contributed by atoms with Crippen LogP contribution in [0.25, 0.3) is 0 Å². The van der Waals surface area contributed by atoms with Gasteiger partial charge < -0.3 is 15.6 Å². The van der Waals surface area contributed by atoms with Gasteiger partial charge in [-0.2, -0.15) is 26.3 Å². The van der Waals surface area contributed by atoms with Crippen LogP contribution in [0.15, 0.2) is 18.2 Å². The summed E-state index contributed by atoms with van der Waals surface area (Å²) < 4.78 is 80.7. The number of carbonyl (C=O) groups is 2. The zero-order chi connectivity index (χ0) is 19.4. The molecule has 0 heterocycles. The first-order valence-electron chi connectivity index (χ1n) is 6.73. The molecule has 0 amide bonds. The summed E-state index contributed by atoms with van der Waals surface area (Å²) in [5, 5.41) is 8.45. The van der Waals surface area contributed by atoms with E-state index in [4.69, 9.17) is 15.6 Å². The summed E-state index contributed by atoms with van der Waals surface area (Å²) in [5.74, 6) is -2.87. The highest BCUT2D eigenvalue weighted by Gasteiger charge is 2.37. The first-order chi connectivity index (χ1) is 11.3. The Morgan fingerprint density at radius 3 is 1.88 bits per heavy atom. The highest BCUT2D eigenvalue weighted by Crippen LogP contribution is 2.38. The molecule has 1 rings (SSSR count). The van der Waals surface area contributed by atoms with Gasteiger partial charge in [-0.15, -0.1) is 12.4 Å². The molecule has 0 aliphatic heterocycles. The lowest BCUT2D eigenvalue weighted by Gasteiger charge is -2.15. The van der Waals surface area contributed by atoms with Crippen molar-refractivity contribution in [2.75, 3.05) is 6.61 Å². The number of Topliss-reactive ketones (excluding diaryl/α,β-unsaturated/α-hetero) is 1. The van der Waals surface area contributed by atoms with Gasteiger partial charge in [0, 0.05) is 6.42 Å². The molecule has 0 fully saturated rings. The fourth-order valence-electron chi connectivity index (χ4n) is 1.71. The van der Waals surface area contributed by atoms with Crippen LogP contribution in [0.3, 0.4) is 0 Å². The molecule has 0 aliphatic rings. The smallest absolute Gasteiger partial charge is 0.416 e. The first kappa shape index (κ1) is 24.0. The van der Waals surface area contributed by atoms with Crippen molar-refractivity contribution >= 4 is 24.2 Å². The molecule has 3 N–H and O–H groups in total. The van der Waals surface area contributed by atoms with Gasteiger partial charge in [-0.05, 0) is 24.6 Å². The Labute approximate surface area is 149 Å². The SMILES string of the molecule is Cl.NC(CCC(=O)O)C(=O)COc1cc(C(F)(F)F)cc(C(F)(F)F)c1. The molecule has 0 aliphatic carbocycles. The second-order valence-electron chi connectivity index (χ2n) is 5.04. The average molecular weight is 410 g/mol. The van der Waals surface area contributed by atoms with Crippen molar-refractivity contribution in [3.05, 3.63) is 29.3 Å². The zero-order valence-corrected chi connectivity index (χ0v) is 13.7. The lowest BCUT2D eigenvalue weighted by Crippen LogP contribution is -2.34. The Balaban J connectivity index is 0.00000625. The van der Waals surface area contributed by atoms with Gasteiger partial charge >= 0.3 is 18.3 Å². The van der Waals surface area contributed by atoms with Crippen LogP contribution in [-0.2, 0) is 21.9 Å². The molecular weight excluding hydrogens is 396 g/mol. The van der Waals surface area contributed by atoms with E-state index in [-0.39, 0.29) is 24.9 Å².